The van der Waals surface area contributed by atoms with E-state index in [0.29, 0.717) is 6.61 Å². The Morgan fingerprint density at radius 2 is 2.10 bits per heavy atom. The van der Waals surface area contributed by atoms with Crippen molar-refractivity contribution in [3.05, 3.63) is 52.8 Å². The molecule has 1 N–H and O–H groups in total. The van der Waals surface area contributed by atoms with Gasteiger partial charge in [0.1, 0.15) is 12.4 Å². The lowest BCUT2D eigenvalue weighted by molar-refractivity contribution is 0.199. The number of benzene rings is 1. The van der Waals surface area contributed by atoms with Gasteiger partial charge in [0.05, 0.1) is 13.2 Å². The van der Waals surface area contributed by atoms with Crippen molar-refractivity contribution in [1.82, 2.24) is 9.88 Å². The van der Waals surface area contributed by atoms with Crippen molar-refractivity contribution in [2.24, 2.45) is 0 Å². The van der Waals surface area contributed by atoms with E-state index in [-0.39, 0.29) is 0 Å². The second-order valence-corrected chi connectivity index (χ2v) is 5.58. The minimum absolute atomic E-state index is 0.649. The maximum absolute atomic E-state index is 5.77. The molecule has 0 fully saturated rings. The molecule has 114 valence electrons. The zero-order valence-electron chi connectivity index (χ0n) is 12.2. The topological polar surface area (TPSA) is 35.4 Å². The van der Waals surface area contributed by atoms with Crippen molar-refractivity contribution in [1.29, 1.82) is 0 Å². The first-order valence-electron chi connectivity index (χ1n) is 7.01. The highest BCUT2D eigenvalue weighted by molar-refractivity contribution is 9.10. The van der Waals surface area contributed by atoms with Gasteiger partial charge in [-0.15, -0.1) is 0 Å². The Hall–Kier alpha value is -1.30. The molecule has 0 unspecified atom stereocenters. The van der Waals surface area contributed by atoms with Crippen LogP contribution in [0.4, 0.5) is 0 Å². The van der Waals surface area contributed by atoms with E-state index in [9.17, 15) is 0 Å². The third-order valence-corrected chi connectivity index (χ3v) is 3.60. The smallest absolute Gasteiger partial charge is 0.120 e. The lowest BCUT2D eigenvalue weighted by Gasteiger charge is -2.11. The summed E-state index contributed by atoms with van der Waals surface area (Å²) >= 11 is 3.44. The van der Waals surface area contributed by atoms with Gasteiger partial charge in [0.2, 0.25) is 0 Å². The average Bonchev–Trinajstić information content (AvgIpc) is 2.91. The van der Waals surface area contributed by atoms with E-state index in [4.69, 9.17) is 9.47 Å². The molecule has 2 aromatic rings. The summed E-state index contributed by atoms with van der Waals surface area (Å²) in [6.45, 7) is 3.91. The van der Waals surface area contributed by atoms with E-state index < -0.39 is 0 Å². The van der Waals surface area contributed by atoms with Gasteiger partial charge < -0.3 is 19.4 Å². The minimum Gasteiger partial charge on any atom is -0.492 e. The van der Waals surface area contributed by atoms with Crippen LogP contribution in [0.1, 0.15) is 5.69 Å². The predicted octanol–water partition coefficient (Wildman–Crippen LogP) is 3.07. The molecule has 0 saturated carbocycles. The molecule has 1 aromatic carbocycles. The van der Waals surface area contributed by atoms with E-state index in [0.717, 1.165) is 36.5 Å². The number of nitrogens with zero attached hydrogens (tertiary/aromatic N) is 1. The molecular formula is C16H21BrN2O2. The van der Waals surface area contributed by atoms with Gasteiger partial charge in [0.25, 0.3) is 0 Å². The highest BCUT2D eigenvalue weighted by Crippen LogP contribution is 2.17. The third kappa shape index (κ3) is 5.53. The minimum atomic E-state index is 0.649. The van der Waals surface area contributed by atoms with Crippen LogP contribution in [0.5, 0.6) is 5.75 Å². The number of hydrogen-bond donors (Lipinski definition) is 1. The summed E-state index contributed by atoms with van der Waals surface area (Å²) in [5, 5.41) is 3.35. The Morgan fingerprint density at radius 1 is 1.19 bits per heavy atom. The van der Waals surface area contributed by atoms with E-state index in [1.54, 1.807) is 7.11 Å². The van der Waals surface area contributed by atoms with Crippen molar-refractivity contribution in [2.75, 3.05) is 26.9 Å². The highest BCUT2D eigenvalue weighted by Gasteiger charge is 2.01. The van der Waals surface area contributed by atoms with Crippen LogP contribution in [0.15, 0.2) is 47.1 Å². The van der Waals surface area contributed by atoms with Crippen molar-refractivity contribution in [3.63, 3.8) is 0 Å². The van der Waals surface area contributed by atoms with Gasteiger partial charge in [0.15, 0.2) is 0 Å². The van der Waals surface area contributed by atoms with E-state index in [1.807, 2.05) is 24.3 Å². The Morgan fingerprint density at radius 3 is 2.90 bits per heavy atom. The summed E-state index contributed by atoms with van der Waals surface area (Å²) in [5.41, 5.74) is 1.25. The summed E-state index contributed by atoms with van der Waals surface area (Å²) < 4.78 is 14.0. The zero-order chi connectivity index (χ0) is 14.9. The quantitative estimate of drug-likeness (QED) is 0.704. The molecule has 0 aliphatic rings. The average molecular weight is 353 g/mol. The van der Waals surface area contributed by atoms with Crippen molar-refractivity contribution < 1.29 is 9.47 Å². The molecule has 2 rings (SSSR count). The molecule has 4 nitrogen and oxygen atoms in total. The van der Waals surface area contributed by atoms with Crippen molar-refractivity contribution in [3.8, 4) is 5.75 Å². The summed E-state index contributed by atoms with van der Waals surface area (Å²) in [4.78, 5) is 0. The zero-order valence-corrected chi connectivity index (χ0v) is 13.8. The molecule has 0 aliphatic carbocycles. The number of hydrogen-bond acceptors (Lipinski definition) is 3. The first-order valence-corrected chi connectivity index (χ1v) is 7.81. The molecule has 5 heteroatoms. The fraction of sp³-hybridized carbons (Fsp3) is 0.375. The largest absolute Gasteiger partial charge is 0.492 e. The Kier molecular flexibility index (Phi) is 6.79. The molecule has 0 radical (unpaired) electrons. The standard InChI is InChI=1S/C16H21BrN2O2/c1-20-10-7-18-13-15-5-3-8-19(15)9-11-21-16-6-2-4-14(17)12-16/h2-6,8,12,18H,7,9-11,13H2,1H3. The van der Waals surface area contributed by atoms with Crippen LogP contribution in [-0.2, 0) is 17.8 Å². The van der Waals surface area contributed by atoms with E-state index in [1.165, 1.54) is 5.69 Å². The van der Waals surface area contributed by atoms with Gasteiger partial charge in [-0.2, -0.15) is 0 Å². The highest BCUT2D eigenvalue weighted by atomic mass is 79.9. The van der Waals surface area contributed by atoms with Crippen LogP contribution in [0, 0.1) is 0 Å². The van der Waals surface area contributed by atoms with E-state index >= 15 is 0 Å². The third-order valence-electron chi connectivity index (χ3n) is 3.11. The van der Waals surface area contributed by atoms with E-state index in [2.05, 4.69) is 44.1 Å². The number of methoxy groups -OCH3 is 1. The summed E-state index contributed by atoms with van der Waals surface area (Å²) in [6.07, 6.45) is 2.08. The van der Waals surface area contributed by atoms with Crippen LogP contribution >= 0.6 is 15.9 Å². The number of nitrogens with one attached hydrogen (secondary N) is 1. The van der Waals surface area contributed by atoms with Crippen molar-refractivity contribution in [2.45, 2.75) is 13.1 Å². The molecule has 0 saturated heterocycles. The number of halogens is 1. The van der Waals surface area contributed by atoms with Gasteiger partial charge in [0, 0.05) is 36.6 Å². The normalized spacial score (nSPS) is 10.8. The SMILES string of the molecule is COCCNCc1cccn1CCOc1cccc(Br)c1. The number of aromatic nitrogens is 1. The Bertz CT molecular complexity index is 543. The lowest BCUT2D eigenvalue weighted by Crippen LogP contribution is -2.21. The second kappa shape index (κ2) is 8.87. The molecule has 1 heterocycles. The van der Waals surface area contributed by atoms with Crippen molar-refractivity contribution >= 4 is 15.9 Å². The summed E-state index contributed by atoms with van der Waals surface area (Å²) in [7, 11) is 1.71. The van der Waals surface area contributed by atoms with Gasteiger partial charge >= 0.3 is 0 Å². The lowest BCUT2D eigenvalue weighted by atomic mass is 10.3. The van der Waals surface area contributed by atoms with Crippen LogP contribution in [-0.4, -0.2) is 31.4 Å². The first-order chi connectivity index (χ1) is 10.3. The predicted molar refractivity (Wildman–Crippen MR) is 87.7 cm³/mol. The Balaban J connectivity index is 1.77. The number of ether oxygens (including phenoxy) is 2. The molecule has 0 bridgehead atoms. The summed E-state index contributed by atoms with van der Waals surface area (Å²) in [6, 6.07) is 12.1. The molecular weight excluding hydrogens is 332 g/mol. The van der Waals surface area contributed by atoms with Crippen LogP contribution in [0.3, 0.4) is 0 Å². The van der Waals surface area contributed by atoms with Gasteiger partial charge in [-0.05, 0) is 30.3 Å². The van der Waals surface area contributed by atoms with Gasteiger partial charge in [-0.3, -0.25) is 0 Å². The molecule has 0 aliphatic heterocycles. The summed E-state index contributed by atoms with van der Waals surface area (Å²) in [5.74, 6) is 0.885. The fourth-order valence-corrected chi connectivity index (χ4v) is 2.42. The van der Waals surface area contributed by atoms with Gasteiger partial charge in [-0.1, -0.05) is 22.0 Å². The second-order valence-electron chi connectivity index (χ2n) is 4.67. The Labute approximate surface area is 134 Å². The molecule has 0 atom stereocenters. The van der Waals surface area contributed by atoms with Crippen LogP contribution in [0.25, 0.3) is 0 Å². The number of rotatable bonds is 9. The first kappa shape index (κ1) is 16.1. The molecule has 0 amide bonds. The molecule has 1 aromatic heterocycles. The molecule has 21 heavy (non-hydrogen) atoms. The van der Waals surface area contributed by atoms with Gasteiger partial charge in [-0.25, -0.2) is 0 Å². The van der Waals surface area contributed by atoms with Crippen LogP contribution < -0.4 is 10.1 Å². The molecule has 0 spiro atoms. The van der Waals surface area contributed by atoms with Crippen LogP contribution in [0.2, 0.25) is 0 Å². The fourth-order valence-electron chi connectivity index (χ4n) is 2.04. The maximum atomic E-state index is 5.77. The monoisotopic (exact) mass is 352 g/mol. The maximum Gasteiger partial charge on any atom is 0.120 e.